The van der Waals surface area contributed by atoms with Crippen LogP contribution in [0.5, 0.6) is 0 Å². The highest BCUT2D eigenvalue weighted by molar-refractivity contribution is 5.59. The number of nitro benzene ring substituents is 2. The maximum absolute atomic E-state index is 12.5. The van der Waals surface area contributed by atoms with Gasteiger partial charge in [0.2, 0.25) is 0 Å². The summed E-state index contributed by atoms with van der Waals surface area (Å²) in [4.78, 5) is 40.6. The topological polar surface area (TPSA) is 211 Å². The lowest BCUT2D eigenvalue weighted by Gasteiger charge is -2.17. The zero-order chi connectivity index (χ0) is 22.1. The molecule has 2 rings (SSSR count). The van der Waals surface area contributed by atoms with Gasteiger partial charge in [-0.25, -0.2) is 0 Å². The van der Waals surface area contributed by atoms with Gasteiger partial charge in [0, 0.05) is 5.57 Å². The summed E-state index contributed by atoms with van der Waals surface area (Å²) >= 11 is 0. The third-order valence-electron chi connectivity index (χ3n) is 4.21. The highest BCUT2D eigenvalue weighted by atomic mass is 16.6. The molecule has 0 heterocycles. The molecule has 1 unspecified atom stereocenters. The molecule has 15 nitrogen and oxygen atoms in total. The Morgan fingerprint density at radius 3 is 1.97 bits per heavy atom. The molecular formula is C14H12N6O9. The van der Waals surface area contributed by atoms with E-state index in [-0.39, 0.29) is 16.0 Å². The van der Waals surface area contributed by atoms with Crippen LogP contribution in [0.3, 0.4) is 0 Å². The molecule has 0 N–H and O–H groups in total. The van der Waals surface area contributed by atoms with Crippen LogP contribution in [0.15, 0.2) is 40.7 Å². The van der Waals surface area contributed by atoms with Crippen molar-refractivity contribution in [3.63, 3.8) is 0 Å². The number of allylic oxidation sites excluding steroid dienone is 1. The van der Waals surface area contributed by atoms with Gasteiger partial charge in [0.15, 0.2) is 0 Å². The van der Waals surface area contributed by atoms with Crippen LogP contribution in [0.1, 0.15) is 18.9 Å². The highest BCUT2D eigenvalue weighted by Gasteiger charge is 2.49. The lowest BCUT2D eigenvalue weighted by Crippen LogP contribution is -2.37. The zero-order valence-electron chi connectivity index (χ0n) is 14.9. The van der Waals surface area contributed by atoms with E-state index < -0.39 is 54.5 Å². The molecule has 0 aromatic heterocycles. The Hall–Kier alpha value is -4.30. The monoisotopic (exact) mass is 408 g/mol. The molecule has 152 valence electrons. The van der Waals surface area contributed by atoms with Gasteiger partial charge in [0.25, 0.3) is 22.8 Å². The lowest BCUT2D eigenvalue weighted by atomic mass is 9.96. The number of benzene rings is 1. The Bertz CT molecular complexity index is 1040. The summed E-state index contributed by atoms with van der Waals surface area (Å²) in [6.45, 7) is 2.46. The van der Waals surface area contributed by atoms with E-state index in [2.05, 4.69) is 5.11 Å². The van der Waals surface area contributed by atoms with Crippen molar-refractivity contribution in [1.82, 2.24) is 0 Å². The van der Waals surface area contributed by atoms with Crippen molar-refractivity contribution in [1.29, 1.82) is 0 Å². The minimum atomic E-state index is -2.56. The van der Waals surface area contributed by atoms with E-state index in [0.717, 1.165) is 13.0 Å². The van der Waals surface area contributed by atoms with Gasteiger partial charge >= 0.3 is 5.66 Å². The zero-order valence-corrected chi connectivity index (χ0v) is 14.9. The second-order valence-corrected chi connectivity index (χ2v) is 6.01. The van der Waals surface area contributed by atoms with Gasteiger partial charge in [0.05, 0.1) is 49.4 Å². The van der Waals surface area contributed by atoms with Crippen LogP contribution in [0, 0.1) is 52.6 Å². The van der Waals surface area contributed by atoms with Crippen molar-refractivity contribution in [2.24, 2.45) is 5.11 Å². The second-order valence-electron chi connectivity index (χ2n) is 6.01. The number of nitrogens with zero attached hydrogens (tertiary/aromatic N) is 6. The molecule has 0 bridgehead atoms. The largest absolute Gasteiger partial charge is 0.594 e. The first kappa shape index (κ1) is 21.0. The Kier molecular flexibility index (Phi) is 5.34. The molecule has 0 spiro atoms. The third-order valence-corrected chi connectivity index (χ3v) is 4.21. The molecule has 29 heavy (non-hydrogen) atoms. The van der Waals surface area contributed by atoms with E-state index in [1.165, 1.54) is 6.92 Å². The second kappa shape index (κ2) is 7.37. The van der Waals surface area contributed by atoms with Gasteiger partial charge in [-0.15, -0.1) is 0 Å². The van der Waals surface area contributed by atoms with Crippen molar-refractivity contribution in [3.8, 4) is 0 Å². The van der Waals surface area contributed by atoms with E-state index in [9.17, 15) is 45.7 Å². The SMILES string of the molecule is CC1=CCC(N=[N+]([O-])c2cc([N+](=O)[O-])cc([N+](=O)[O-])c2C)([N+](=O)[O-])C=C1[N+](=O)[O-]. The maximum atomic E-state index is 12.5. The van der Waals surface area contributed by atoms with E-state index in [1.54, 1.807) is 0 Å². The normalized spacial score (nSPS) is 19.2. The number of rotatable bonds is 6. The molecule has 0 radical (unpaired) electrons. The number of nitro groups is 4. The van der Waals surface area contributed by atoms with Crippen molar-refractivity contribution in [2.45, 2.75) is 25.9 Å². The average Bonchev–Trinajstić information content (AvgIpc) is 2.62. The Morgan fingerprint density at radius 2 is 1.48 bits per heavy atom. The first-order valence-electron chi connectivity index (χ1n) is 7.72. The fraction of sp³-hybridized carbons (Fsp3) is 0.286. The molecule has 0 aliphatic heterocycles. The van der Waals surface area contributed by atoms with Crippen LogP contribution in [-0.4, -0.2) is 30.2 Å². The molecule has 0 saturated heterocycles. The number of non-ortho nitro benzene ring substituents is 1. The first-order chi connectivity index (χ1) is 13.4. The van der Waals surface area contributed by atoms with Gasteiger partial charge in [0.1, 0.15) is 5.56 Å². The number of hydrogen-bond donors (Lipinski definition) is 0. The van der Waals surface area contributed by atoms with Crippen LogP contribution in [0.4, 0.5) is 17.1 Å². The summed E-state index contributed by atoms with van der Waals surface area (Å²) in [5.41, 5.74) is -5.62. The van der Waals surface area contributed by atoms with Crippen LogP contribution < -0.4 is 0 Å². The molecule has 0 saturated carbocycles. The van der Waals surface area contributed by atoms with Crippen LogP contribution >= 0.6 is 0 Å². The summed E-state index contributed by atoms with van der Waals surface area (Å²) in [5.74, 6) is 0. The first-order valence-corrected chi connectivity index (χ1v) is 7.72. The Morgan fingerprint density at radius 1 is 0.897 bits per heavy atom. The van der Waals surface area contributed by atoms with E-state index >= 15 is 0 Å². The highest BCUT2D eigenvalue weighted by Crippen LogP contribution is 2.36. The van der Waals surface area contributed by atoms with Crippen LogP contribution in [0.2, 0.25) is 0 Å². The lowest BCUT2D eigenvalue weighted by molar-refractivity contribution is -0.593. The van der Waals surface area contributed by atoms with E-state index in [1.807, 2.05) is 0 Å². The molecule has 1 aliphatic carbocycles. The number of azo groups is 1. The summed E-state index contributed by atoms with van der Waals surface area (Å²) in [7, 11) is 0. The van der Waals surface area contributed by atoms with Crippen molar-refractivity contribution in [3.05, 3.63) is 86.8 Å². The minimum absolute atomic E-state index is 0.127. The molecule has 0 fully saturated rings. The van der Waals surface area contributed by atoms with Crippen molar-refractivity contribution >= 4 is 17.1 Å². The molecule has 1 aromatic rings. The van der Waals surface area contributed by atoms with Gasteiger partial charge in [-0.3, -0.25) is 40.5 Å². The minimum Gasteiger partial charge on any atom is -0.594 e. The van der Waals surface area contributed by atoms with Crippen LogP contribution in [-0.2, 0) is 0 Å². The Balaban J connectivity index is 2.73. The predicted octanol–water partition coefficient (Wildman–Crippen LogP) is 2.89. The van der Waals surface area contributed by atoms with Gasteiger partial charge in [-0.1, -0.05) is 6.08 Å². The average molecular weight is 408 g/mol. The van der Waals surface area contributed by atoms with Gasteiger partial charge in [-0.05, 0) is 18.7 Å². The van der Waals surface area contributed by atoms with Crippen LogP contribution in [0.25, 0.3) is 0 Å². The maximum Gasteiger partial charge on any atom is 0.396 e. The summed E-state index contributed by atoms with van der Waals surface area (Å²) in [5, 5.41) is 60.7. The standard InChI is InChI=1S/C14H12N6O9/c1-8-3-4-14(20(28)29,7-13(8)19(26)27)15-16(21)11-5-10(17(22)23)6-12(9(11)2)18(24)25/h3,5-7H,4H2,1-2H3. The fourth-order valence-electron chi connectivity index (χ4n) is 2.60. The molecular weight excluding hydrogens is 396 g/mol. The molecule has 1 aromatic carbocycles. The fourth-order valence-corrected chi connectivity index (χ4v) is 2.60. The molecule has 0 amide bonds. The molecule has 15 heteroatoms. The smallest absolute Gasteiger partial charge is 0.396 e. The van der Waals surface area contributed by atoms with Crippen molar-refractivity contribution < 1.29 is 24.6 Å². The predicted molar refractivity (Wildman–Crippen MR) is 93.4 cm³/mol. The third kappa shape index (κ3) is 3.87. The summed E-state index contributed by atoms with van der Waals surface area (Å²) < 4.78 is 0. The quantitative estimate of drug-likeness (QED) is 0.292. The van der Waals surface area contributed by atoms with Gasteiger partial charge < -0.3 is 5.21 Å². The van der Waals surface area contributed by atoms with E-state index in [0.29, 0.717) is 18.2 Å². The Labute approximate surface area is 160 Å². The molecule has 1 aliphatic rings. The summed E-state index contributed by atoms with van der Waals surface area (Å²) in [6.07, 6.45) is 1.24. The van der Waals surface area contributed by atoms with E-state index in [4.69, 9.17) is 0 Å². The number of hydrogen-bond acceptors (Lipinski definition) is 10. The van der Waals surface area contributed by atoms with Gasteiger partial charge in [-0.2, -0.15) is 0 Å². The van der Waals surface area contributed by atoms with Crippen molar-refractivity contribution in [2.75, 3.05) is 0 Å². The summed E-state index contributed by atoms with van der Waals surface area (Å²) in [6, 6.07) is 1.31. The molecule has 1 atom stereocenters.